The first kappa shape index (κ1) is 15.0. The van der Waals surface area contributed by atoms with Crippen molar-refractivity contribution in [3.63, 3.8) is 0 Å². The molecule has 2 aliphatic heterocycles. The molecule has 1 N–H and O–H groups in total. The quantitative estimate of drug-likeness (QED) is 0.852. The maximum atomic E-state index is 12.7. The van der Waals surface area contributed by atoms with Crippen LogP contribution in [0.15, 0.2) is 24.3 Å². The van der Waals surface area contributed by atoms with Crippen LogP contribution in [0, 0.1) is 6.92 Å². The number of nitrogens with zero attached hydrogens (tertiary/aromatic N) is 2. The summed E-state index contributed by atoms with van der Waals surface area (Å²) in [6.45, 7) is 6.43. The Hall–Kier alpha value is -1.88. The molecule has 118 valence electrons. The van der Waals surface area contributed by atoms with E-state index in [1.807, 2.05) is 38.1 Å². The topological polar surface area (TPSA) is 45.1 Å². The first-order valence-electron chi connectivity index (χ1n) is 8.13. The Bertz CT molecular complexity index is 564. The smallest absolute Gasteiger partial charge is 0.317 e. The molecular weight excluding hydrogens is 278 g/mol. The van der Waals surface area contributed by atoms with Gasteiger partial charge in [0.1, 0.15) is 6.04 Å². The monoisotopic (exact) mass is 302 g/mol. The standard InChI is InChI=1S/C17H23N3O2/c1-13-6-8-15(9-7-13)20-14(2)16(21)19(17(20)22)12-18-10-4-3-5-11-18/h6-9,14H,3-5,10-12H2,1-2H3/p+1/t14-/m1/s1. The fourth-order valence-corrected chi connectivity index (χ4v) is 3.34. The molecular formula is C17H24N3O2+. The maximum Gasteiger partial charge on any atom is 0.336 e. The van der Waals surface area contributed by atoms with E-state index in [2.05, 4.69) is 0 Å². The number of anilines is 1. The molecule has 2 heterocycles. The minimum absolute atomic E-state index is 0.0800. The molecule has 0 bridgehead atoms. The summed E-state index contributed by atoms with van der Waals surface area (Å²) in [5, 5.41) is 0. The summed E-state index contributed by atoms with van der Waals surface area (Å²) >= 11 is 0. The van der Waals surface area contributed by atoms with Crippen molar-refractivity contribution in [1.29, 1.82) is 0 Å². The fourth-order valence-electron chi connectivity index (χ4n) is 3.34. The van der Waals surface area contributed by atoms with Crippen molar-refractivity contribution in [3.05, 3.63) is 29.8 Å². The van der Waals surface area contributed by atoms with E-state index in [4.69, 9.17) is 0 Å². The van der Waals surface area contributed by atoms with Crippen molar-refractivity contribution in [1.82, 2.24) is 4.90 Å². The third-order valence-corrected chi connectivity index (χ3v) is 4.70. The largest absolute Gasteiger partial charge is 0.336 e. The van der Waals surface area contributed by atoms with Crippen LogP contribution in [-0.2, 0) is 4.79 Å². The van der Waals surface area contributed by atoms with Gasteiger partial charge in [0.2, 0.25) is 0 Å². The van der Waals surface area contributed by atoms with Crippen molar-refractivity contribution in [2.24, 2.45) is 0 Å². The van der Waals surface area contributed by atoms with E-state index in [0.29, 0.717) is 6.67 Å². The lowest BCUT2D eigenvalue weighted by atomic mass is 10.1. The molecule has 2 fully saturated rings. The van der Waals surface area contributed by atoms with E-state index >= 15 is 0 Å². The number of piperidine rings is 1. The molecule has 2 saturated heterocycles. The molecule has 1 aromatic rings. The Balaban J connectivity index is 1.77. The van der Waals surface area contributed by atoms with E-state index in [1.54, 1.807) is 4.90 Å². The van der Waals surface area contributed by atoms with Gasteiger partial charge in [0.05, 0.1) is 13.1 Å². The first-order chi connectivity index (χ1) is 10.6. The average Bonchev–Trinajstić information content (AvgIpc) is 2.73. The third kappa shape index (κ3) is 2.73. The minimum atomic E-state index is -0.417. The first-order valence-corrected chi connectivity index (χ1v) is 8.13. The zero-order chi connectivity index (χ0) is 15.7. The summed E-state index contributed by atoms with van der Waals surface area (Å²) in [7, 11) is 0. The van der Waals surface area contributed by atoms with Gasteiger partial charge in [-0.3, -0.25) is 9.69 Å². The molecule has 5 heteroatoms. The summed E-state index contributed by atoms with van der Waals surface area (Å²) in [4.78, 5) is 29.6. The van der Waals surface area contributed by atoms with Crippen LogP contribution in [0.25, 0.3) is 0 Å². The number of carbonyl (C=O) groups is 2. The normalized spacial score (nSPS) is 23.5. The highest BCUT2D eigenvalue weighted by molar-refractivity contribution is 6.13. The Morgan fingerprint density at radius 1 is 1.09 bits per heavy atom. The predicted octanol–water partition coefficient (Wildman–Crippen LogP) is 1.18. The molecule has 3 amide bonds. The molecule has 0 saturated carbocycles. The number of likely N-dealkylation sites (tertiary alicyclic amines) is 1. The van der Waals surface area contributed by atoms with Crippen molar-refractivity contribution in [2.75, 3.05) is 24.7 Å². The van der Waals surface area contributed by atoms with Crippen molar-refractivity contribution >= 4 is 17.6 Å². The van der Waals surface area contributed by atoms with E-state index in [9.17, 15) is 9.59 Å². The second kappa shape index (κ2) is 6.08. The van der Waals surface area contributed by atoms with E-state index in [-0.39, 0.29) is 11.9 Å². The molecule has 0 radical (unpaired) electrons. The van der Waals surface area contributed by atoms with Gasteiger partial charge in [-0.05, 0) is 45.2 Å². The van der Waals surface area contributed by atoms with Gasteiger partial charge in [-0.15, -0.1) is 0 Å². The summed E-state index contributed by atoms with van der Waals surface area (Å²) in [6.07, 6.45) is 3.63. The van der Waals surface area contributed by atoms with Gasteiger partial charge in [0.15, 0.2) is 6.67 Å². The number of benzene rings is 1. The zero-order valence-corrected chi connectivity index (χ0v) is 13.3. The Kier molecular flexibility index (Phi) is 4.16. The predicted molar refractivity (Wildman–Crippen MR) is 84.8 cm³/mol. The highest BCUT2D eigenvalue weighted by Crippen LogP contribution is 2.25. The molecule has 3 rings (SSSR count). The molecule has 0 spiro atoms. The highest BCUT2D eigenvalue weighted by atomic mass is 16.2. The molecule has 1 aromatic carbocycles. The van der Waals surface area contributed by atoms with E-state index in [1.165, 1.54) is 29.1 Å². The van der Waals surface area contributed by atoms with Crippen molar-refractivity contribution < 1.29 is 14.5 Å². The number of nitrogens with one attached hydrogen (secondary N) is 1. The second-order valence-electron chi connectivity index (χ2n) is 6.40. The Morgan fingerprint density at radius 3 is 2.36 bits per heavy atom. The molecule has 22 heavy (non-hydrogen) atoms. The van der Waals surface area contributed by atoms with Crippen LogP contribution in [0.2, 0.25) is 0 Å². The number of quaternary nitrogens is 1. The summed E-state index contributed by atoms with van der Waals surface area (Å²) < 4.78 is 0. The van der Waals surface area contributed by atoms with Crippen LogP contribution in [0.4, 0.5) is 10.5 Å². The number of aryl methyl sites for hydroxylation is 1. The maximum absolute atomic E-state index is 12.7. The molecule has 1 atom stereocenters. The van der Waals surface area contributed by atoms with Gasteiger partial charge in [-0.1, -0.05) is 17.7 Å². The lowest BCUT2D eigenvalue weighted by molar-refractivity contribution is -0.912. The summed E-state index contributed by atoms with van der Waals surface area (Å²) in [5.41, 5.74) is 1.94. The van der Waals surface area contributed by atoms with Crippen LogP contribution in [0.5, 0.6) is 0 Å². The van der Waals surface area contributed by atoms with Crippen LogP contribution in [0.3, 0.4) is 0 Å². The average molecular weight is 302 g/mol. The third-order valence-electron chi connectivity index (χ3n) is 4.70. The number of hydrogen-bond acceptors (Lipinski definition) is 2. The number of urea groups is 1. The molecule has 0 aromatic heterocycles. The van der Waals surface area contributed by atoms with E-state index in [0.717, 1.165) is 24.3 Å². The number of amides is 3. The van der Waals surface area contributed by atoms with Crippen LogP contribution in [0.1, 0.15) is 31.7 Å². The Labute approximate surface area is 131 Å². The van der Waals surface area contributed by atoms with Crippen molar-refractivity contribution in [3.8, 4) is 0 Å². The van der Waals surface area contributed by atoms with Gasteiger partial charge in [-0.25, -0.2) is 9.69 Å². The minimum Gasteiger partial charge on any atom is -0.317 e. The van der Waals surface area contributed by atoms with Crippen LogP contribution < -0.4 is 9.80 Å². The number of rotatable bonds is 3. The molecule has 2 aliphatic rings. The van der Waals surface area contributed by atoms with E-state index < -0.39 is 6.04 Å². The lowest BCUT2D eigenvalue weighted by Gasteiger charge is -2.26. The van der Waals surface area contributed by atoms with Crippen LogP contribution in [-0.4, -0.2) is 42.6 Å². The van der Waals surface area contributed by atoms with Crippen molar-refractivity contribution in [2.45, 2.75) is 39.2 Å². The molecule has 0 unspecified atom stereocenters. The fraction of sp³-hybridized carbons (Fsp3) is 0.529. The van der Waals surface area contributed by atoms with Gasteiger partial charge < -0.3 is 4.90 Å². The highest BCUT2D eigenvalue weighted by Gasteiger charge is 2.44. The molecule has 0 aliphatic carbocycles. The van der Waals surface area contributed by atoms with Gasteiger partial charge in [0.25, 0.3) is 5.91 Å². The lowest BCUT2D eigenvalue weighted by Crippen LogP contribution is -3.14. The number of carbonyl (C=O) groups excluding carboxylic acids is 2. The SMILES string of the molecule is Cc1ccc(N2C(=O)N(C[NH+]3CCCCC3)C(=O)[C@H]2C)cc1. The zero-order valence-electron chi connectivity index (χ0n) is 13.3. The molecule has 5 nitrogen and oxygen atoms in total. The summed E-state index contributed by atoms with van der Waals surface area (Å²) in [6, 6.07) is 7.16. The second-order valence-corrected chi connectivity index (χ2v) is 6.40. The van der Waals surface area contributed by atoms with Crippen LogP contribution >= 0.6 is 0 Å². The van der Waals surface area contributed by atoms with Gasteiger partial charge in [0, 0.05) is 5.69 Å². The number of hydrogen-bond donors (Lipinski definition) is 1. The number of imide groups is 1. The van der Waals surface area contributed by atoms with Gasteiger partial charge >= 0.3 is 6.03 Å². The van der Waals surface area contributed by atoms with Gasteiger partial charge in [-0.2, -0.15) is 0 Å². The summed E-state index contributed by atoms with van der Waals surface area (Å²) in [5.74, 6) is -0.0800. The Morgan fingerprint density at radius 2 is 1.73 bits per heavy atom.